The molecule has 0 radical (unpaired) electrons. The number of nitrogens with zero attached hydrogens (tertiary/aromatic N) is 4. The summed E-state index contributed by atoms with van der Waals surface area (Å²) in [5.41, 5.74) is 2.53. The zero-order valence-electron chi connectivity index (χ0n) is 33.0. The molecule has 5 nitrogen and oxygen atoms in total. The van der Waals surface area contributed by atoms with Crippen LogP contribution >= 0.6 is 11.3 Å². The summed E-state index contributed by atoms with van der Waals surface area (Å²) >= 11 is 0.949. The largest absolute Gasteiger partial charge is 0.456 e. The molecule has 4 aromatic heterocycles. The molecular weight excluding hydrogens is 573 g/mol. The van der Waals surface area contributed by atoms with E-state index in [9.17, 15) is 2.74 Å². The van der Waals surface area contributed by atoms with Gasteiger partial charge in [0.2, 0.25) is 5.95 Å². The normalized spacial score (nSPS) is 15.1. The highest BCUT2D eigenvalue weighted by atomic mass is 32.1. The first kappa shape index (κ1) is 16.9. The molecule has 0 unspecified atom stereocenters. The van der Waals surface area contributed by atoms with E-state index in [4.69, 9.17) is 30.3 Å². The van der Waals surface area contributed by atoms with Gasteiger partial charge in [0.05, 0.1) is 24.7 Å². The summed E-state index contributed by atoms with van der Waals surface area (Å²) in [6.07, 6.45) is 0. The van der Waals surface area contributed by atoms with E-state index in [0.29, 0.717) is 22.3 Å². The van der Waals surface area contributed by atoms with Gasteiger partial charge in [-0.2, -0.15) is 9.97 Å². The molecule has 10 aromatic rings. The van der Waals surface area contributed by atoms with Gasteiger partial charge in [0.1, 0.15) is 11.2 Å². The number of hydrogen-bond donors (Lipinski definition) is 0. The molecule has 0 amide bonds. The minimum Gasteiger partial charge on any atom is -0.456 e. The number of hydrogen-bond acceptors (Lipinski definition) is 5. The summed E-state index contributed by atoms with van der Waals surface area (Å²) < 4.78 is 96.6. The van der Waals surface area contributed by atoms with E-state index in [1.807, 2.05) is 72.8 Å². The van der Waals surface area contributed by atoms with Crippen LogP contribution in [-0.2, 0) is 0 Å². The smallest absolute Gasteiger partial charge is 0.238 e. The number of benzene rings is 6. The lowest BCUT2D eigenvalue weighted by molar-refractivity contribution is 0.669. The van der Waals surface area contributed by atoms with Gasteiger partial charge in [0.25, 0.3) is 0 Å². The number of furan rings is 1. The molecule has 0 spiro atoms. The van der Waals surface area contributed by atoms with Crippen LogP contribution < -0.4 is 0 Å². The van der Waals surface area contributed by atoms with Gasteiger partial charge in [-0.15, -0.1) is 11.3 Å². The Balaban J connectivity index is 1.42. The number of fused-ring (bicyclic) bond motifs is 10. The van der Waals surface area contributed by atoms with Crippen molar-refractivity contribution >= 4 is 75.3 Å². The van der Waals surface area contributed by atoms with Crippen LogP contribution in [0.15, 0.2) is 138 Å². The molecule has 4 heterocycles. The maximum atomic E-state index is 9.28. The van der Waals surface area contributed by atoms with E-state index in [1.54, 1.807) is 0 Å². The van der Waals surface area contributed by atoms with Crippen molar-refractivity contribution in [1.82, 2.24) is 19.5 Å². The van der Waals surface area contributed by atoms with E-state index < -0.39 is 36.3 Å². The quantitative estimate of drug-likeness (QED) is 0.201. The highest BCUT2D eigenvalue weighted by Crippen LogP contribution is 2.43. The lowest BCUT2D eigenvalue weighted by Gasteiger charge is -2.11. The molecule has 6 aromatic carbocycles. The Bertz CT molecular complexity index is 3340. The van der Waals surface area contributed by atoms with Crippen LogP contribution in [0.2, 0.25) is 0 Å². The highest BCUT2D eigenvalue weighted by Gasteiger charge is 2.21. The van der Waals surface area contributed by atoms with Gasteiger partial charge in [-0.3, -0.25) is 4.57 Å². The molecule has 0 atom stereocenters. The monoisotopic (exact) mass is 604 g/mol. The third kappa shape index (κ3) is 3.63. The van der Waals surface area contributed by atoms with Crippen LogP contribution in [0.25, 0.3) is 92.6 Å². The van der Waals surface area contributed by atoms with Crippen molar-refractivity contribution in [2.45, 2.75) is 0 Å². The predicted molar refractivity (Wildman–Crippen MR) is 185 cm³/mol. The lowest BCUT2D eigenvalue weighted by atomic mass is 10.1. The molecule has 0 aliphatic heterocycles. The van der Waals surface area contributed by atoms with Gasteiger partial charge in [0.15, 0.2) is 11.6 Å². The maximum Gasteiger partial charge on any atom is 0.238 e. The number of para-hydroxylation sites is 2. The van der Waals surface area contributed by atoms with Crippen LogP contribution in [0.1, 0.15) is 13.7 Å². The Morgan fingerprint density at radius 1 is 0.578 bits per heavy atom. The van der Waals surface area contributed by atoms with Crippen molar-refractivity contribution < 1.29 is 18.1 Å². The Hall–Kier alpha value is -5.85. The van der Waals surface area contributed by atoms with Gasteiger partial charge in [-0.05, 0) is 36.3 Å². The Kier molecular flexibility index (Phi) is 3.49. The van der Waals surface area contributed by atoms with E-state index in [0.717, 1.165) is 22.1 Å². The zero-order chi connectivity index (χ0) is 38.2. The summed E-state index contributed by atoms with van der Waals surface area (Å²) in [6, 6.07) is 18.2. The number of rotatable bonds is 3. The molecule has 210 valence electrons. The molecule has 0 bridgehead atoms. The fourth-order valence-corrected chi connectivity index (χ4v) is 6.95. The van der Waals surface area contributed by atoms with Crippen molar-refractivity contribution in [1.29, 1.82) is 0 Å². The molecule has 0 aliphatic rings. The number of aromatic nitrogens is 4. The van der Waals surface area contributed by atoms with E-state index >= 15 is 0 Å². The van der Waals surface area contributed by atoms with Crippen molar-refractivity contribution in [2.24, 2.45) is 0 Å². The van der Waals surface area contributed by atoms with Crippen LogP contribution in [0.4, 0.5) is 0 Å². The Morgan fingerprint density at radius 2 is 1.33 bits per heavy atom. The van der Waals surface area contributed by atoms with Crippen molar-refractivity contribution in [2.75, 3.05) is 0 Å². The van der Waals surface area contributed by atoms with Gasteiger partial charge in [-0.1, -0.05) is 96.9 Å². The first-order valence-electron chi connectivity index (χ1n) is 19.1. The average molecular weight is 605 g/mol. The maximum absolute atomic E-state index is 9.28. The van der Waals surface area contributed by atoms with Gasteiger partial charge in [-0.25, -0.2) is 4.98 Å². The highest BCUT2D eigenvalue weighted by molar-refractivity contribution is 7.26. The second kappa shape index (κ2) is 9.32. The van der Waals surface area contributed by atoms with Crippen molar-refractivity contribution in [3.8, 4) is 28.7 Å². The lowest BCUT2D eigenvalue weighted by Crippen LogP contribution is -2.06. The minimum atomic E-state index is -0.542. The second-order valence-electron chi connectivity index (χ2n) is 10.5. The second-order valence-corrected chi connectivity index (χ2v) is 11.5. The Labute approximate surface area is 274 Å². The SMILES string of the molecule is [2H]c1c([2H])c([2H])c2c(sc3c([2H])c([2H])c4c5c([2H])c([2H])c([2H])c([2H])c5n(-c5nc(-c6ccccc6)nc(-c6ccc7c(c6)oc6ccccc67)n5)c4c32)c1[2H]. The molecule has 0 saturated carbocycles. The average Bonchev–Trinajstić information content (AvgIpc) is 3.90. The van der Waals surface area contributed by atoms with E-state index in [1.165, 1.54) is 4.57 Å². The van der Waals surface area contributed by atoms with E-state index in [-0.39, 0.29) is 83.7 Å². The van der Waals surface area contributed by atoms with Crippen LogP contribution in [-0.4, -0.2) is 19.5 Å². The standard InChI is InChI=1S/C39H22N4OS/c1-2-10-23(11-3-1)37-40-38(24-18-19-27-26-13-5-8-16-31(26)44-32(27)22-24)42-39(41-37)43-30-15-7-4-12-25(30)28-20-21-34-35(36(28)43)29-14-6-9-17-33(29)45-34/h1-22H/i4D,6D,7D,9D,12D,14D,15D,17D,20D,21D. The summed E-state index contributed by atoms with van der Waals surface area (Å²) in [5, 5.41) is 2.06. The Morgan fingerprint density at radius 3 is 2.24 bits per heavy atom. The zero-order valence-corrected chi connectivity index (χ0v) is 23.9. The molecular formula is C39H22N4OS. The van der Waals surface area contributed by atoms with E-state index in [2.05, 4.69) is 0 Å². The fraction of sp³-hybridized carbons (Fsp3) is 0. The minimum absolute atomic E-state index is 0.00136. The predicted octanol–water partition coefficient (Wildman–Crippen LogP) is 10.6. The summed E-state index contributed by atoms with van der Waals surface area (Å²) in [5.74, 6) is 0.369. The molecule has 0 N–H and O–H groups in total. The van der Waals surface area contributed by atoms with Gasteiger partial charge in [0, 0.05) is 52.8 Å². The first-order valence-corrected chi connectivity index (χ1v) is 14.9. The summed E-state index contributed by atoms with van der Waals surface area (Å²) in [7, 11) is 0. The molecule has 0 saturated heterocycles. The fourth-order valence-electron chi connectivity index (χ4n) is 5.98. The third-order valence-electron chi connectivity index (χ3n) is 7.97. The van der Waals surface area contributed by atoms with Crippen molar-refractivity contribution in [3.63, 3.8) is 0 Å². The molecule has 0 fully saturated rings. The third-order valence-corrected chi connectivity index (χ3v) is 8.99. The van der Waals surface area contributed by atoms with Gasteiger partial charge >= 0.3 is 0 Å². The molecule has 6 heteroatoms. The summed E-state index contributed by atoms with van der Waals surface area (Å²) in [4.78, 5) is 14.7. The van der Waals surface area contributed by atoms with Crippen LogP contribution in [0.3, 0.4) is 0 Å². The number of thiophene rings is 1. The molecule has 10 rings (SSSR count). The molecule has 0 aliphatic carbocycles. The van der Waals surface area contributed by atoms with Crippen molar-refractivity contribution in [3.05, 3.63) is 133 Å². The topological polar surface area (TPSA) is 56.7 Å². The van der Waals surface area contributed by atoms with Crippen LogP contribution in [0, 0.1) is 0 Å². The summed E-state index contributed by atoms with van der Waals surface area (Å²) in [6.45, 7) is 0. The first-order chi connectivity index (χ1) is 26.5. The van der Waals surface area contributed by atoms with Gasteiger partial charge < -0.3 is 4.42 Å². The van der Waals surface area contributed by atoms with Crippen LogP contribution in [0.5, 0.6) is 0 Å². The molecule has 45 heavy (non-hydrogen) atoms.